The van der Waals surface area contributed by atoms with Crippen molar-refractivity contribution in [3.63, 3.8) is 0 Å². The van der Waals surface area contributed by atoms with Crippen LogP contribution in [0.25, 0.3) is 0 Å². The fraction of sp³-hybridized carbons (Fsp3) is 0.909. The normalized spacial score (nSPS) is 12.4. The van der Waals surface area contributed by atoms with Crippen LogP contribution in [0.2, 0.25) is 0 Å². The molecule has 0 heterocycles. The highest BCUT2D eigenvalue weighted by Crippen LogP contribution is 2.16. The third-order valence-electron chi connectivity index (χ3n) is 1.59. The van der Waals surface area contributed by atoms with E-state index in [-0.39, 0.29) is 5.41 Å². The van der Waals surface area contributed by atoms with Gasteiger partial charge in [0.15, 0.2) is 0 Å². The molecule has 90 valence electrons. The maximum absolute atomic E-state index is 11.2. The molecule has 15 heavy (non-hydrogen) atoms. The Hall–Kier alpha value is -0.770. The van der Waals surface area contributed by atoms with Gasteiger partial charge < -0.3 is 4.74 Å². The monoisotopic (exact) mass is 216 g/mol. The molecule has 0 atom stereocenters. The summed E-state index contributed by atoms with van der Waals surface area (Å²) in [7, 11) is 0. The highest BCUT2D eigenvalue weighted by atomic mass is 16.6. The van der Waals surface area contributed by atoms with Crippen LogP contribution in [-0.4, -0.2) is 18.2 Å². The summed E-state index contributed by atoms with van der Waals surface area (Å²) in [6.45, 7) is 12.7. The van der Waals surface area contributed by atoms with Crippen LogP contribution in [0.4, 0.5) is 4.79 Å². The number of ether oxygens (including phenoxy) is 1. The maximum atomic E-state index is 11.2. The van der Waals surface area contributed by atoms with Gasteiger partial charge in [-0.25, -0.2) is 10.2 Å². The zero-order valence-corrected chi connectivity index (χ0v) is 10.7. The Morgan fingerprint density at radius 3 is 2.07 bits per heavy atom. The van der Waals surface area contributed by atoms with Crippen molar-refractivity contribution in [3.05, 3.63) is 0 Å². The van der Waals surface area contributed by atoms with Crippen LogP contribution >= 0.6 is 0 Å². The van der Waals surface area contributed by atoms with Crippen LogP contribution in [0.5, 0.6) is 0 Å². The van der Waals surface area contributed by atoms with E-state index in [1.807, 2.05) is 20.8 Å². The second kappa shape index (κ2) is 5.35. The molecule has 0 fully saturated rings. The number of carbonyl (C=O) groups excluding carboxylic acids is 1. The van der Waals surface area contributed by atoms with Crippen LogP contribution in [0, 0.1) is 5.41 Å². The lowest BCUT2D eigenvalue weighted by atomic mass is 9.93. The number of carbonyl (C=O) groups is 1. The summed E-state index contributed by atoms with van der Waals surface area (Å²) < 4.78 is 5.06. The van der Waals surface area contributed by atoms with Crippen molar-refractivity contribution in [2.45, 2.75) is 53.6 Å². The van der Waals surface area contributed by atoms with E-state index in [4.69, 9.17) is 4.74 Å². The lowest BCUT2D eigenvalue weighted by Crippen LogP contribution is -2.42. The first-order chi connectivity index (χ1) is 6.60. The number of nitrogens with one attached hydrogen (secondary N) is 2. The predicted molar refractivity (Wildman–Crippen MR) is 61.4 cm³/mol. The molecule has 4 heteroatoms. The Morgan fingerprint density at radius 1 is 1.13 bits per heavy atom. The average Bonchev–Trinajstić information content (AvgIpc) is 1.92. The zero-order chi connectivity index (χ0) is 12.1. The van der Waals surface area contributed by atoms with Crippen LogP contribution in [-0.2, 0) is 4.74 Å². The van der Waals surface area contributed by atoms with Crippen molar-refractivity contribution in [1.82, 2.24) is 10.9 Å². The first-order valence-corrected chi connectivity index (χ1v) is 5.32. The molecule has 0 aliphatic carbocycles. The van der Waals surface area contributed by atoms with Gasteiger partial charge in [0.2, 0.25) is 0 Å². The molecule has 0 radical (unpaired) electrons. The number of hydrazine groups is 1. The van der Waals surface area contributed by atoms with Crippen LogP contribution in [0.3, 0.4) is 0 Å². The Balaban J connectivity index is 3.57. The van der Waals surface area contributed by atoms with Crippen LogP contribution in [0.15, 0.2) is 0 Å². The molecule has 0 bridgehead atoms. The van der Waals surface area contributed by atoms with Gasteiger partial charge in [0.25, 0.3) is 0 Å². The van der Waals surface area contributed by atoms with Crippen molar-refractivity contribution >= 4 is 6.09 Å². The molecule has 0 aromatic heterocycles. The second-order valence-electron chi connectivity index (χ2n) is 5.86. The van der Waals surface area contributed by atoms with E-state index in [9.17, 15) is 4.79 Å². The Morgan fingerprint density at radius 2 is 1.67 bits per heavy atom. The molecule has 4 nitrogen and oxygen atoms in total. The third-order valence-corrected chi connectivity index (χ3v) is 1.59. The molecular weight excluding hydrogens is 192 g/mol. The standard InChI is InChI=1S/C11H24N2O2/c1-10(2,3)7-8-12-13-9(14)15-11(4,5)6/h12H,7-8H2,1-6H3,(H,13,14). The van der Waals surface area contributed by atoms with E-state index < -0.39 is 11.7 Å². The molecule has 0 aromatic rings. The second-order valence-corrected chi connectivity index (χ2v) is 5.86. The largest absolute Gasteiger partial charge is 0.443 e. The fourth-order valence-corrected chi connectivity index (χ4v) is 0.876. The number of rotatable bonds is 3. The van der Waals surface area contributed by atoms with Gasteiger partial charge in [0.1, 0.15) is 5.60 Å². The quantitative estimate of drug-likeness (QED) is 0.563. The summed E-state index contributed by atoms with van der Waals surface area (Å²) in [6.07, 6.45) is 0.555. The Labute approximate surface area is 92.7 Å². The Bertz CT molecular complexity index is 202. The number of amides is 1. The molecule has 0 saturated carbocycles. The van der Waals surface area contributed by atoms with Gasteiger partial charge >= 0.3 is 6.09 Å². The third kappa shape index (κ3) is 11.2. The zero-order valence-electron chi connectivity index (χ0n) is 10.7. The minimum absolute atomic E-state index is 0.266. The highest BCUT2D eigenvalue weighted by Gasteiger charge is 2.15. The Kier molecular flexibility index (Phi) is 5.08. The van der Waals surface area contributed by atoms with E-state index in [2.05, 4.69) is 31.6 Å². The summed E-state index contributed by atoms with van der Waals surface area (Å²) in [5, 5.41) is 0. The predicted octanol–water partition coefficient (Wildman–Crippen LogP) is 2.45. The SMILES string of the molecule is CC(C)(C)CCNNC(=O)OC(C)(C)C. The summed E-state index contributed by atoms with van der Waals surface area (Å²) in [5.74, 6) is 0. The summed E-state index contributed by atoms with van der Waals surface area (Å²) >= 11 is 0. The minimum Gasteiger partial charge on any atom is -0.443 e. The van der Waals surface area contributed by atoms with E-state index in [0.29, 0.717) is 0 Å². The average molecular weight is 216 g/mol. The van der Waals surface area contributed by atoms with Gasteiger partial charge in [-0.15, -0.1) is 0 Å². The van der Waals surface area contributed by atoms with Crippen molar-refractivity contribution < 1.29 is 9.53 Å². The topological polar surface area (TPSA) is 50.4 Å². The summed E-state index contributed by atoms with van der Waals surface area (Å²) in [5.41, 5.74) is 5.16. The number of hydrogen-bond donors (Lipinski definition) is 2. The van der Waals surface area contributed by atoms with Gasteiger partial charge in [-0.3, -0.25) is 5.43 Å². The van der Waals surface area contributed by atoms with E-state index in [0.717, 1.165) is 13.0 Å². The van der Waals surface area contributed by atoms with Gasteiger partial charge in [-0.2, -0.15) is 0 Å². The van der Waals surface area contributed by atoms with Gasteiger partial charge in [0.05, 0.1) is 0 Å². The molecular formula is C11H24N2O2. The first-order valence-electron chi connectivity index (χ1n) is 5.32. The molecule has 0 aliphatic heterocycles. The van der Waals surface area contributed by atoms with Crippen LogP contribution < -0.4 is 10.9 Å². The smallest absolute Gasteiger partial charge is 0.422 e. The van der Waals surface area contributed by atoms with E-state index in [1.54, 1.807) is 0 Å². The number of hydrogen-bond acceptors (Lipinski definition) is 3. The first kappa shape index (κ1) is 14.2. The summed E-state index contributed by atoms with van der Waals surface area (Å²) in [4.78, 5) is 11.2. The molecule has 0 saturated heterocycles. The lowest BCUT2D eigenvalue weighted by Gasteiger charge is -2.21. The van der Waals surface area contributed by atoms with Crippen molar-refractivity contribution in [2.24, 2.45) is 5.41 Å². The molecule has 0 unspecified atom stereocenters. The molecule has 1 amide bonds. The fourth-order valence-electron chi connectivity index (χ4n) is 0.876. The van der Waals surface area contributed by atoms with E-state index in [1.165, 1.54) is 0 Å². The maximum Gasteiger partial charge on any atom is 0.422 e. The van der Waals surface area contributed by atoms with E-state index >= 15 is 0 Å². The van der Waals surface area contributed by atoms with Crippen LogP contribution in [0.1, 0.15) is 48.0 Å². The molecule has 0 aliphatic rings. The molecule has 0 spiro atoms. The van der Waals surface area contributed by atoms with Crippen molar-refractivity contribution in [2.75, 3.05) is 6.54 Å². The summed E-state index contributed by atoms with van der Waals surface area (Å²) in [6, 6.07) is 0. The van der Waals surface area contributed by atoms with Crippen molar-refractivity contribution in [3.8, 4) is 0 Å². The van der Waals surface area contributed by atoms with Gasteiger partial charge in [0, 0.05) is 6.54 Å². The van der Waals surface area contributed by atoms with Crippen molar-refractivity contribution in [1.29, 1.82) is 0 Å². The van der Waals surface area contributed by atoms with Gasteiger partial charge in [-0.05, 0) is 32.6 Å². The lowest BCUT2D eigenvalue weighted by molar-refractivity contribution is 0.0496. The van der Waals surface area contributed by atoms with Gasteiger partial charge in [-0.1, -0.05) is 20.8 Å². The molecule has 0 rings (SSSR count). The minimum atomic E-state index is -0.449. The highest BCUT2D eigenvalue weighted by molar-refractivity contribution is 5.66. The molecule has 0 aromatic carbocycles. The molecule has 2 N–H and O–H groups in total.